The van der Waals surface area contributed by atoms with E-state index in [9.17, 15) is 15.0 Å². The Kier molecular flexibility index (Phi) is 2.84. The highest BCUT2D eigenvalue weighted by Gasteiger charge is 2.50. The molecule has 2 atom stereocenters. The van der Waals surface area contributed by atoms with Crippen LogP contribution in [0.25, 0.3) is 0 Å². The minimum absolute atomic E-state index is 0.0162. The summed E-state index contributed by atoms with van der Waals surface area (Å²) >= 11 is 0. The van der Waals surface area contributed by atoms with E-state index in [4.69, 9.17) is 0 Å². The van der Waals surface area contributed by atoms with E-state index in [0.717, 1.165) is 17.6 Å². The van der Waals surface area contributed by atoms with Crippen molar-refractivity contribution in [1.82, 2.24) is 0 Å². The van der Waals surface area contributed by atoms with Gasteiger partial charge < -0.3 is 10.2 Å². The lowest BCUT2D eigenvalue weighted by Gasteiger charge is -2.49. The summed E-state index contributed by atoms with van der Waals surface area (Å²) in [4.78, 5) is 11.8. The van der Waals surface area contributed by atoms with E-state index in [2.05, 4.69) is 6.92 Å². The van der Waals surface area contributed by atoms with Crippen LogP contribution in [-0.4, -0.2) is 27.2 Å². The van der Waals surface area contributed by atoms with Gasteiger partial charge in [0.1, 0.15) is 0 Å². The first-order valence-electron chi connectivity index (χ1n) is 6.48. The van der Waals surface area contributed by atoms with Crippen LogP contribution in [-0.2, 0) is 4.79 Å². The maximum atomic E-state index is 11.8. The van der Waals surface area contributed by atoms with Gasteiger partial charge in [0.2, 0.25) is 0 Å². The Morgan fingerprint density at radius 1 is 1.33 bits per heavy atom. The Balaban J connectivity index is 2.44. The van der Waals surface area contributed by atoms with E-state index in [1.54, 1.807) is 19.9 Å². The van der Waals surface area contributed by atoms with E-state index >= 15 is 0 Å². The first-order valence-corrected chi connectivity index (χ1v) is 6.48. The third-order valence-corrected chi connectivity index (χ3v) is 4.78. The van der Waals surface area contributed by atoms with Gasteiger partial charge in [-0.3, -0.25) is 4.79 Å². The summed E-state index contributed by atoms with van der Waals surface area (Å²) < 4.78 is 0. The van der Waals surface area contributed by atoms with Crippen molar-refractivity contribution in [3.63, 3.8) is 0 Å². The fraction of sp³-hybridized carbons (Fsp3) is 0.667. The van der Waals surface area contributed by atoms with Crippen LogP contribution in [0.5, 0.6) is 0 Å². The molecule has 1 fully saturated rings. The van der Waals surface area contributed by atoms with E-state index in [-0.39, 0.29) is 11.2 Å². The number of carbonyl (C=O) groups excluding carboxylic acids is 1. The van der Waals surface area contributed by atoms with E-state index in [1.165, 1.54) is 0 Å². The molecule has 0 spiro atoms. The lowest BCUT2D eigenvalue weighted by Crippen LogP contribution is -2.54. The van der Waals surface area contributed by atoms with Crippen molar-refractivity contribution in [2.24, 2.45) is 5.41 Å². The molecule has 18 heavy (non-hydrogen) atoms. The molecule has 0 aromatic carbocycles. The average molecular weight is 250 g/mol. The smallest absolute Gasteiger partial charge is 0.181 e. The summed E-state index contributed by atoms with van der Waals surface area (Å²) in [7, 11) is 0. The molecule has 100 valence electrons. The highest BCUT2D eigenvalue weighted by Crippen LogP contribution is 2.51. The highest BCUT2D eigenvalue weighted by atomic mass is 16.4. The minimum atomic E-state index is -1.16. The third kappa shape index (κ3) is 1.86. The van der Waals surface area contributed by atoms with Gasteiger partial charge in [0.15, 0.2) is 5.78 Å². The second-order valence-electron chi connectivity index (χ2n) is 6.49. The molecule has 0 heterocycles. The monoisotopic (exact) mass is 250 g/mol. The van der Waals surface area contributed by atoms with E-state index < -0.39 is 11.2 Å². The number of ketones is 1. The van der Waals surface area contributed by atoms with Crippen molar-refractivity contribution in [1.29, 1.82) is 0 Å². The van der Waals surface area contributed by atoms with Gasteiger partial charge >= 0.3 is 0 Å². The zero-order valence-corrected chi connectivity index (χ0v) is 11.6. The van der Waals surface area contributed by atoms with Crippen LogP contribution < -0.4 is 0 Å². The van der Waals surface area contributed by atoms with E-state index in [0.29, 0.717) is 12.8 Å². The second-order valence-corrected chi connectivity index (χ2v) is 6.49. The van der Waals surface area contributed by atoms with Gasteiger partial charge in [-0.15, -0.1) is 0 Å². The number of aliphatic hydroxyl groups is 2. The van der Waals surface area contributed by atoms with Crippen molar-refractivity contribution in [3.8, 4) is 0 Å². The van der Waals surface area contributed by atoms with Gasteiger partial charge in [-0.25, -0.2) is 0 Å². The summed E-state index contributed by atoms with van der Waals surface area (Å²) in [5.74, 6) is 0.0162. The van der Waals surface area contributed by atoms with Gasteiger partial charge in [0, 0.05) is 11.8 Å². The Labute approximate surface area is 108 Å². The number of fused-ring (bicyclic) bond motifs is 1. The molecule has 0 aromatic rings. The van der Waals surface area contributed by atoms with Crippen molar-refractivity contribution in [3.05, 3.63) is 23.3 Å². The maximum absolute atomic E-state index is 11.8. The van der Waals surface area contributed by atoms with Gasteiger partial charge in [-0.05, 0) is 45.3 Å². The van der Waals surface area contributed by atoms with Crippen LogP contribution in [0.2, 0.25) is 0 Å². The van der Waals surface area contributed by atoms with Gasteiger partial charge in [0.05, 0.1) is 11.2 Å². The Morgan fingerprint density at radius 3 is 2.50 bits per heavy atom. The lowest BCUT2D eigenvalue weighted by atomic mass is 9.60. The number of hydrogen-bond acceptors (Lipinski definition) is 3. The van der Waals surface area contributed by atoms with Crippen molar-refractivity contribution in [2.75, 3.05) is 0 Å². The molecule has 0 aromatic heterocycles. The molecule has 2 aliphatic rings. The van der Waals surface area contributed by atoms with Crippen molar-refractivity contribution in [2.45, 2.75) is 58.2 Å². The molecule has 3 heteroatoms. The third-order valence-electron chi connectivity index (χ3n) is 4.78. The summed E-state index contributed by atoms with van der Waals surface area (Å²) in [6.45, 7) is 7.17. The number of rotatable bonds is 1. The van der Waals surface area contributed by atoms with Crippen LogP contribution in [0, 0.1) is 5.41 Å². The van der Waals surface area contributed by atoms with Crippen molar-refractivity contribution < 1.29 is 15.0 Å². The normalized spacial score (nSPS) is 36.9. The van der Waals surface area contributed by atoms with Crippen LogP contribution in [0.15, 0.2) is 23.3 Å². The molecule has 0 saturated heterocycles. The summed E-state index contributed by atoms with van der Waals surface area (Å²) in [5.41, 5.74) is -0.746. The van der Waals surface area contributed by atoms with Gasteiger partial charge in [-0.2, -0.15) is 0 Å². The maximum Gasteiger partial charge on any atom is 0.181 e. The first-order chi connectivity index (χ1) is 8.09. The summed E-state index contributed by atoms with van der Waals surface area (Å²) in [6, 6.07) is 0. The predicted molar refractivity (Wildman–Crippen MR) is 70.1 cm³/mol. The Hall–Kier alpha value is -0.930. The number of hydrogen-bond donors (Lipinski definition) is 2. The topological polar surface area (TPSA) is 57.5 Å². The Morgan fingerprint density at radius 2 is 1.94 bits per heavy atom. The molecule has 2 rings (SSSR count). The zero-order valence-electron chi connectivity index (χ0n) is 11.6. The quantitative estimate of drug-likeness (QED) is 0.749. The summed E-state index contributed by atoms with van der Waals surface area (Å²) in [6.07, 6.45) is 5.25. The largest absolute Gasteiger partial charge is 0.387 e. The van der Waals surface area contributed by atoms with Crippen LogP contribution >= 0.6 is 0 Å². The molecule has 0 aliphatic heterocycles. The molecule has 3 nitrogen and oxygen atoms in total. The van der Waals surface area contributed by atoms with Crippen molar-refractivity contribution >= 4 is 5.78 Å². The molecule has 1 saturated carbocycles. The van der Waals surface area contributed by atoms with Gasteiger partial charge in [-0.1, -0.05) is 18.6 Å². The molecule has 0 radical (unpaired) electrons. The van der Waals surface area contributed by atoms with Crippen LogP contribution in [0.4, 0.5) is 0 Å². The van der Waals surface area contributed by atoms with Crippen LogP contribution in [0.1, 0.15) is 47.0 Å². The summed E-state index contributed by atoms with van der Waals surface area (Å²) in [5, 5.41) is 20.8. The molecule has 2 unspecified atom stereocenters. The fourth-order valence-electron chi connectivity index (χ4n) is 3.00. The number of allylic oxidation sites excluding steroid dienone is 3. The molecule has 0 amide bonds. The minimum Gasteiger partial charge on any atom is -0.387 e. The molecular weight excluding hydrogens is 228 g/mol. The molecule has 2 N–H and O–H groups in total. The second kappa shape index (κ2) is 3.78. The highest BCUT2D eigenvalue weighted by molar-refractivity contribution is 6.05. The van der Waals surface area contributed by atoms with E-state index in [1.807, 2.05) is 13.0 Å². The first kappa shape index (κ1) is 13.5. The lowest BCUT2D eigenvalue weighted by molar-refractivity contribution is -0.147. The molecule has 0 bridgehead atoms. The predicted octanol–water partition coefficient (Wildman–Crippen LogP) is 2.13. The molecule has 2 aliphatic carbocycles. The SMILES string of the molecule is CC1=C2CC(O)(C(C)(C)O)CCC2(C)C=CC1=O. The molecular formula is C15H22O3. The zero-order chi connectivity index (χ0) is 13.8. The van der Waals surface area contributed by atoms with Crippen LogP contribution in [0.3, 0.4) is 0 Å². The number of carbonyl (C=O) groups is 1. The Bertz CT molecular complexity index is 453. The fourth-order valence-corrected chi connectivity index (χ4v) is 3.00. The average Bonchev–Trinajstić information content (AvgIpc) is 2.26. The standard InChI is InChI=1S/C15H22O3/c1-10-11-9-15(18,13(2,3)17)8-7-14(11,4)6-5-12(10)16/h5-6,17-18H,7-9H2,1-4H3. The van der Waals surface area contributed by atoms with Gasteiger partial charge in [0.25, 0.3) is 0 Å².